The standard InChI is InChI=1S/C20H24N4O2/c1-22(2)17-8-4-15(5-9-17)14-23(3)19(25)16-6-10-18(11-7-16)24-13-12-21-20(24)26/h4-11H,12-14H2,1-3H3,(H,21,26). The molecule has 136 valence electrons. The van der Waals surface area contributed by atoms with E-state index in [4.69, 9.17) is 0 Å². The van der Waals surface area contributed by atoms with Gasteiger partial charge in [-0.2, -0.15) is 0 Å². The van der Waals surface area contributed by atoms with Crippen molar-refractivity contribution in [1.29, 1.82) is 0 Å². The maximum atomic E-state index is 12.6. The lowest BCUT2D eigenvalue weighted by Crippen LogP contribution is -2.28. The van der Waals surface area contributed by atoms with Gasteiger partial charge in [-0.25, -0.2) is 4.79 Å². The van der Waals surface area contributed by atoms with Crippen molar-refractivity contribution in [2.45, 2.75) is 6.54 Å². The van der Waals surface area contributed by atoms with Crippen LogP contribution >= 0.6 is 0 Å². The monoisotopic (exact) mass is 352 g/mol. The molecule has 3 amide bonds. The summed E-state index contributed by atoms with van der Waals surface area (Å²) in [6.07, 6.45) is 0. The van der Waals surface area contributed by atoms with Crippen LogP contribution in [0, 0.1) is 0 Å². The van der Waals surface area contributed by atoms with E-state index < -0.39 is 0 Å². The fraction of sp³-hybridized carbons (Fsp3) is 0.300. The zero-order chi connectivity index (χ0) is 18.7. The third-order valence-electron chi connectivity index (χ3n) is 4.50. The summed E-state index contributed by atoms with van der Waals surface area (Å²) in [5.74, 6) is -0.0425. The molecule has 0 unspecified atom stereocenters. The Hall–Kier alpha value is -3.02. The number of rotatable bonds is 5. The molecule has 0 saturated carbocycles. The fourth-order valence-electron chi connectivity index (χ4n) is 2.97. The van der Waals surface area contributed by atoms with Crippen LogP contribution in [0.2, 0.25) is 0 Å². The Morgan fingerprint density at radius 2 is 1.69 bits per heavy atom. The van der Waals surface area contributed by atoms with Gasteiger partial charge >= 0.3 is 6.03 Å². The van der Waals surface area contributed by atoms with Crippen molar-refractivity contribution in [3.05, 3.63) is 59.7 Å². The van der Waals surface area contributed by atoms with Gasteiger partial charge < -0.3 is 15.1 Å². The van der Waals surface area contributed by atoms with Gasteiger partial charge in [0.15, 0.2) is 0 Å². The van der Waals surface area contributed by atoms with Gasteiger partial charge in [-0.05, 0) is 42.0 Å². The summed E-state index contributed by atoms with van der Waals surface area (Å²) in [7, 11) is 5.80. The van der Waals surface area contributed by atoms with E-state index in [-0.39, 0.29) is 11.9 Å². The minimum absolute atomic E-state index is 0.0425. The van der Waals surface area contributed by atoms with E-state index in [0.717, 1.165) is 16.9 Å². The molecule has 0 radical (unpaired) electrons. The molecule has 26 heavy (non-hydrogen) atoms. The molecular formula is C20H24N4O2. The Labute approximate surface area is 154 Å². The van der Waals surface area contributed by atoms with E-state index in [1.807, 2.05) is 55.4 Å². The predicted molar refractivity (Wildman–Crippen MR) is 104 cm³/mol. The van der Waals surface area contributed by atoms with Crippen LogP contribution in [0.15, 0.2) is 48.5 Å². The van der Waals surface area contributed by atoms with Crippen LogP contribution in [0.25, 0.3) is 0 Å². The Morgan fingerprint density at radius 3 is 2.23 bits per heavy atom. The first-order valence-corrected chi connectivity index (χ1v) is 8.63. The maximum Gasteiger partial charge on any atom is 0.321 e. The molecule has 1 saturated heterocycles. The van der Waals surface area contributed by atoms with E-state index in [1.165, 1.54) is 0 Å². The molecule has 0 bridgehead atoms. The van der Waals surface area contributed by atoms with Gasteiger partial charge in [-0.1, -0.05) is 12.1 Å². The van der Waals surface area contributed by atoms with Crippen LogP contribution in [0.3, 0.4) is 0 Å². The molecule has 1 fully saturated rings. The molecule has 1 aliphatic rings. The van der Waals surface area contributed by atoms with Crippen molar-refractivity contribution >= 4 is 23.3 Å². The van der Waals surface area contributed by atoms with Gasteiger partial charge in [-0.3, -0.25) is 9.69 Å². The number of nitrogens with one attached hydrogen (secondary N) is 1. The smallest absolute Gasteiger partial charge is 0.321 e. The second kappa shape index (κ2) is 7.47. The van der Waals surface area contributed by atoms with Crippen LogP contribution in [0.1, 0.15) is 15.9 Å². The van der Waals surface area contributed by atoms with E-state index >= 15 is 0 Å². The third-order valence-corrected chi connectivity index (χ3v) is 4.50. The van der Waals surface area contributed by atoms with Gasteiger partial charge in [0.25, 0.3) is 5.91 Å². The Morgan fingerprint density at radius 1 is 1.04 bits per heavy atom. The highest BCUT2D eigenvalue weighted by Crippen LogP contribution is 2.19. The highest BCUT2D eigenvalue weighted by molar-refractivity contribution is 5.96. The lowest BCUT2D eigenvalue weighted by atomic mass is 10.1. The van der Waals surface area contributed by atoms with Gasteiger partial charge in [-0.15, -0.1) is 0 Å². The molecule has 1 aliphatic heterocycles. The van der Waals surface area contributed by atoms with Crippen LogP contribution in [-0.4, -0.2) is 51.1 Å². The molecule has 6 nitrogen and oxygen atoms in total. The van der Waals surface area contributed by atoms with Gasteiger partial charge in [0.05, 0.1) is 0 Å². The zero-order valence-electron chi connectivity index (χ0n) is 15.4. The summed E-state index contributed by atoms with van der Waals surface area (Å²) in [5.41, 5.74) is 3.63. The summed E-state index contributed by atoms with van der Waals surface area (Å²) in [5, 5.41) is 2.77. The summed E-state index contributed by atoms with van der Waals surface area (Å²) in [6, 6.07) is 15.2. The topological polar surface area (TPSA) is 55.9 Å². The molecular weight excluding hydrogens is 328 g/mol. The lowest BCUT2D eigenvalue weighted by Gasteiger charge is -2.19. The number of hydrogen-bond donors (Lipinski definition) is 1. The Balaban J connectivity index is 1.65. The van der Waals surface area contributed by atoms with E-state index in [9.17, 15) is 9.59 Å². The number of hydrogen-bond acceptors (Lipinski definition) is 3. The molecule has 0 spiro atoms. The van der Waals surface area contributed by atoms with Crippen molar-refractivity contribution in [1.82, 2.24) is 10.2 Å². The molecule has 3 rings (SSSR count). The zero-order valence-corrected chi connectivity index (χ0v) is 15.4. The maximum absolute atomic E-state index is 12.6. The number of carbonyl (C=O) groups is 2. The molecule has 2 aromatic carbocycles. The summed E-state index contributed by atoms with van der Waals surface area (Å²) in [6.45, 7) is 1.84. The molecule has 2 aromatic rings. The number of nitrogens with zero attached hydrogens (tertiary/aromatic N) is 3. The van der Waals surface area contributed by atoms with Gasteiger partial charge in [0.1, 0.15) is 0 Å². The number of anilines is 2. The molecule has 1 N–H and O–H groups in total. The van der Waals surface area contributed by atoms with Crippen molar-refractivity contribution in [2.24, 2.45) is 0 Å². The molecule has 0 aromatic heterocycles. The van der Waals surface area contributed by atoms with Crippen molar-refractivity contribution in [3.63, 3.8) is 0 Å². The van der Waals surface area contributed by atoms with Crippen LogP contribution in [0.5, 0.6) is 0 Å². The molecule has 1 heterocycles. The van der Waals surface area contributed by atoms with E-state index in [0.29, 0.717) is 25.2 Å². The first-order chi connectivity index (χ1) is 12.5. The number of benzene rings is 2. The fourth-order valence-corrected chi connectivity index (χ4v) is 2.97. The highest BCUT2D eigenvalue weighted by atomic mass is 16.2. The quantitative estimate of drug-likeness (QED) is 0.900. The minimum Gasteiger partial charge on any atom is -0.378 e. The van der Waals surface area contributed by atoms with Crippen molar-refractivity contribution in [2.75, 3.05) is 44.0 Å². The van der Waals surface area contributed by atoms with Crippen LogP contribution in [-0.2, 0) is 6.54 Å². The average molecular weight is 352 g/mol. The second-order valence-corrected chi connectivity index (χ2v) is 6.65. The van der Waals surface area contributed by atoms with E-state index in [2.05, 4.69) is 5.32 Å². The van der Waals surface area contributed by atoms with Gasteiger partial charge in [0, 0.05) is 57.7 Å². The van der Waals surface area contributed by atoms with Gasteiger partial charge in [0.2, 0.25) is 0 Å². The second-order valence-electron chi connectivity index (χ2n) is 6.65. The SMILES string of the molecule is CN(Cc1ccc(N(C)C)cc1)C(=O)c1ccc(N2CCNC2=O)cc1. The summed E-state index contributed by atoms with van der Waals surface area (Å²) in [4.78, 5) is 29.8. The average Bonchev–Trinajstić information content (AvgIpc) is 3.07. The predicted octanol–water partition coefficient (Wildman–Crippen LogP) is 2.55. The summed E-state index contributed by atoms with van der Waals surface area (Å²) >= 11 is 0. The first-order valence-electron chi connectivity index (χ1n) is 8.63. The number of amides is 3. The van der Waals surface area contributed by atoms with Crippen LogP contribution in [0.4, 0.5) is 16.2 Å². The largest absolute Gasteiger partial charge is 0.378 e. The lowest BCUT2D eigenvalue weighted by molar-refractivity contribution is 0.0785. The highest BCUT2D eigenvalue weighted by Gasteiger charge is 2.21. The normalized spacial score (nSPS) is 13.5. The Bertz CT molecular complexity index is 784. The van der Waals surface area contributed by atoms with E-state index in [1.54, 1.807) is 29.0 Å². The number of carbonyl (C=O) groups excluding carboxylic acids is 2. The minimum atomic E-state index is -0.0950. The van der Waals surface area contributed by atoms with Crippen molar-refractivity contribution < 1.29 is 9.59 Å². The summed E-state index contributed by atoms with van der Waals surface area (Å²) < 4.78 is 0. The third kappa shape index (κ3) is 3.79. The first kappa shape index (κ1) is 17.8. The molecule has 0 atom stereocenters. The number of urea groups is 1. The van der Waals surface area contributed by atoms with Crippen molar-refractivity contribution in [3.8, 4) is 0 Å². The molecule has 0 aliphatic carbocycles. The molecule has 6 heteroatoms. The Kier molecular flexibility index (Phi) is 5.11. The van der Waals surface area contributed by atoms with Crippen LogP contribution < -0.4 is 15.1 Å².